The molecule has 58 heavy (non-hydrogen) atoms. The van der Waals surface area contributed by atoms with Gasteiger partial charge < -0.3 is 9.97 Å². The van der Waals surface area contributed by atoms with Crippen molar-refractivity contribution >= 4 is 22.1 Å². The second-order valence-corrected chi connectivity index (χ2v) is 20.2. The smallest absolute Gasteiger partial charge is 0.174 e. The average molecular weight is 763 g/mol. The molecule has 0 aliphatic rings. The standard InChI is InChI=1S/C54H58N4/c1-51(2,3)37-21-13-33(14-22-37)41-29-30-42(34-15-23-38(24-16-34)52(4,5)6)46-45(41)55-49(56-46)50-57-47-43(35-17-25-39(26-18-35)53(7,8)9)31-32-44(48(47)58-50)36-19-27-40(28-20-36)54(10,11)12/h13-32H,1-12H3,(H,55,56)(H,57,58). The highest BCUT2D eigenvalue weighted by atomic mass is 15.0. The highest BCUT2D eigenvalue weighted by molar-refractivity contribution is 6.04. The van der Waals surface area contributed by atoms with Crippen LogP contribution in [0.5, 0.6) is 0 Å². The summed E-state index contributed by atoms with van der Waals surface area (Å²) in [6.07, 6.45) is 0. The number of aromatic nitrogens is 4. The summed E-state index contributed by atoms with van der Waals surface area (Å²) in [7, 11) is 0. The Hall–Kier alpha value is -5.74. The van der Waals surface area contributed by atoms with E-state index in [0.29, 0.717) is 11.6 Å². The van der Waals surface area contributed by atoms with Crippen LogP contribution in [0.4, 0.5) is 0 Å². The second-order valence-electron chi connectivity index (χ2n) is 20.2. The fourth-order valence-electron chi connectivity index (χ4n) is 7.95. The van der Waals surface area contributed by atoms with Gasteiger partial charge >= 0.3 is 0 Å². The molecule has 2 heterocycles. The molecular formula is C54H58N4. The summed E-state index contributed by atoms with van der Waals surface area (Å²) in [4.78, 5) is 18.4. The van der Waals surface area contributed by atoms with Crippen molar-refractivity contribution in [2.75, 3.05) is 0 Å². The Kier molecular flexibility index (Phi) is 9.42. The molecule has 0 bridgehead atoms. The molecular weight excluding hydrogens is 705 g/mol. The van der Waals surface area contributed by atoms with E-state index in [0.717, 1.165) is 66.6 Å². The van der Waals surface area contributed by atoms with E-state index in [1.54, 1.807) is 0 Å². The maximum absolute atomic E-state index is 5.40. The van der Waals surface area contributed by atoms with E-state index in [1.165, 1.54) is 22.3 Å². The van der Waals surface area contributed by atoms with Gasteiger partial charge in [0, 0.05) is 22.3 Å². The van der Waals surface area contributed by atoms with E-state index in [9.17, 15) is 0 Å². The van der Waals surface area contributed by atoms with E-state index >= 15 is 0 Å². The van der Waals surface area contributed by atoms with Crippen molar-refractivity contribution < 1.29 is 0 Å². The zero-order valence-electron chi connectivity index (χ0n) is 36.4. The van der Waals surface area contributed by atoms with Gasteiger partial charge in [-0.25, -0.2) is 9.97 Å². The molecule has 0 saturated heterocycles. The number of nitrogens with one attached hydrogen (secondary N) is 2. The van der Waals surface area contributed by atoms with E-state index in [4.69, 9.17) is 9.97 Å². The van der Waals surface area contributed by atoms with Crippen LogP contribution in [-0.2, 0) is 21.7 Å². The Morgan fingerprint density at radius 1 is 0.293 bits per heavy atom. The molecule has 0 spiro atoms. The molecule has 2 N–H and O–H groups in total. The number of H-pyrrole nitrogens is 2. The van der Waals surface area contributed by atoms with Gasteiger partial charge in [-0.1, -0.05) is 204 Å². The largest absolute Gasteiger partial charge is 0.335 e. The number of hydrogen-bond acceptors (Lipinski definition) is 2. The van der Waals surface area contributed by atoms with Crippen molar-refractivity contribution in [1.29, 1.82) is 0 Å². The summed E-state index contributed by atoms with van der Waals surface area (Å²) in [5.41, 5.74) is 18.3. The van der Waals surface area contributed by atoms with Gasteiger partial charge in [0.1, 0.15) is 0 Å². The van der Waals surface area contributed by atoms with Gasteiger partial charge in [0.25, 0.3) is 0 Å². The van der Waals surface area contributed by atoms with Crippen molar-refractivity contribution in [2.45, 2.75) is 105 Å². The number of imidazole rings is 2. The lowest BCUT2D eigenvalue weighted by Crippen LogP contribution is -2.10. The van der Waals surface area contributed by atoms with Crippen LogP contribution in [0.25, 0.3) is 78.2 Å². The van der Waals surface area contributed by atoms with E-state index in [-0.39, 0.29) is 21.7 Å². The van der Waals surface area contributed by atoms with Crippen molar-refractivity contribution in [1.82, 2.24) is 19.9 Å². The van der Waals surface area contributed by atoms with Crippen molar-refractivity contribution in [3.63, 3.8) is 0 Å². The third kappa shape index (κ3) is 7.41. The van der Waals surface area contributed by atoms with E-state index in [1.807, 2.05) is 0 Å². The van der Waals surface area contributed by atoms with Crippen LogP contribution < -0.4 is 0 Å². The summed E-state index contributed by atoms with van der Waals surface area (Å²) in [5, 5.41) is 0. The number of fused-ring (bicyclic) bond motifs is 2. The number of nitrogens with zero attached hydrogens (tertiary/aromatic N) is 2. The van der Waals surface area contributed by atoms with Crippen LogP contribution in [0.3, 0.4) is 0 Å². The topological polar surface area (TPSA) is 57.4 Å². The molecule has 0 amide bonds. The first-order valence-electron chi connectivity index (χ1n) is 20.8. The van der Waals surface area contributed by atoms with Crippen LogP contribution in [-0.4, -0.2) is 19.9 Å². The molecule has 0 aliphatic carbocycles. The quantitative estimate of drug-likeness (QED) is 0.183. The molecule has 4 nitrogen and oxygen atoms in total. The number of hydrogen-bond donors (Lipinski definition) is 2. The first kappa shape index (κ1) is 39.1. The normalized spacial score (nSPS) is 12.8. The lowest BCUT2D eigenvalue weighted by Gasteiger charge is -2.19. The SMILES string of the molecule is CC(C)(C)c1ccc(-c2ccc(-c3ccc(C(C)(C)C)cc3)c3[nH]c(-c4nc5c(-c6ccc(C(C)(C)C)cc6)ccc(-c6ccc(C(C)(C)C)cc6)c5[nH]4)nc23)cc1. The van der Waals surface area contributed by atoms with Crippen LogP contribution in [0.15, 0.2) is 121 Å². The number of rotatable bonds is 5. The first-order chi connectivity index (χ1) is 27.3. The highest BCUT2D eigenvalue weighted by Crippen LogP contribution is 2.40. The van der Waals surface area contributed by atoms with Gasteiger partial charge in [0.05, 0.1) is 22.1 Å². The van der Waals surface area contributed by atoms with Gasteiger partial charge in [-0.2, -0.15) is 0 Å². The molecule has 0 atom stereocenters. The predicted molar refractivity (Wildman–Crippen MR) is 248 cm³/mol. The summed E-state index contributed by atoms with van der Waals surface area (Å²) < 4.78 is 0. The molecule has 0 aliphatic heterocycles. The van der Waals surface area contributed by atoms with E-state index < -0.39 is 0 Å². The molecule has 2 aromatic heterocycles. The van der Waals surface area contributed by atoms with Gasteiger partial charge in [-0.3, -0.25) is 0 Å². The third-order valence-corrected chi connectivity index (χ3v) is 11.8. The Bertz CT molecular complexity index is 2360. The molecule has 0 fully saturated rings. The maximum atomic E-state index is 5.40. The predicted octanol–water partition coefficient (Wildman–Crippen LogP) is 15.0. The van der Waals surface area contributed by atoms with Gasteiger partial charge in [-0.05, 0) is 66.2 Å². The first-order valence-corrected chi connectivity index (χ1v) is 20.8. The molecule has 4 heteroatoms. The second kappa shape index (κ2) is 14.0. The Morgan fingerprint density at radius 3 is 0.759 bits per heavy atom. The maximum Gasteiger partial charge on any atom is 0.174 e. The summed E-state index contributed by atoms with van der Waals surface area (Å²) in [5.74, 6) is 1.42. The summed E-state index contributed by atoms with van der Waals surface area (Å²) in [6.45, 7) is 27.1. The van der Waals surface area contributed by atoms with Gasteiger partial charge in [0.2, 0.25) is 0 Å². The molecule has 6 aromatic carbocycles. The van der Waals surface area contributed by atoms with Crippen LogP contribution in [0, 0.1) is 0 Å². The third-order valence-electron chi connectivity index (χ3n) is 11.8. The Balaban J connectivity index is 1.33. The van der Waals surface area contributed by atoms with Crippen LogP contribution in [0.1, 0.15) is 105 Å². The van der Waals surface area contributed by atoms with Crippen LogP contribution >= 0.6 is 0 Å². The Labute approximate surface area is 345 Å². The van der Waals surface area contributed by atoms with Crippen molar-refractivity contribution in [2.24, 2.45) is 0 Å². The monoisotopic (exact) mass is 762 g/mol. The molecule has 0 saturated carbocycles. The fourth-order valence-corrected chi connectivity index (χ4v) is 7.95. The van der Waals surface area contributed by atoms with E-state index in [2.05, 4.69) is 214 Å². The summed E-state index contributed by atoms with van der Waals surface area (Å²) in [6, 6.07) is 44.8. The Morgan fingerprint density at radius 2 is 0.517 bits per heavy atom. The van der Waals surface area contributed by atoms with Crippen molar-refractivity contribution in [3.8, 4) is 56.2 Å². The fraction of sp³-hybridized carbons (Fsp3) is 0.296. The minimum absolute atomic E-state index is 0.0681. The minimum Gasteiger partial charge on any atom is -0.335 e. The lowest BCUT2D eigenvalue weighted by atomic mass is 9.85. The molecule has 8 aromatic rings. The van der Waals surface area contributed by atoms with Crippen molar-refractivity contribution in [3.05, 3.63) is 144 Å². The minimum atomic E-state index is 0.0681. The highest BCUT2D eigenvalue weighted by Gasteiger charge is 2.23. The number of aromatic amines is 2. The van der Waals surface area contributed by atoms with Gasteiger partial charge in [0.15, 0.2) is 11.6 Å². The average Bonchev–Trinajstić information content (AvgIpc) is 3.82. The molecule has 0 radical (unpaired) electrons. The van der Waals surface area contributed by atoms with Crippen LogP contribution in [0.2, 0.25) is 0 Å². The van der Waals surface area contributed by atoms with Gasteiger partial charge in [-0.15, -0.1) is 0 Å². The summed E-state index contributed by atoms with van der Waals surface area (Å²) >= 11 is 0. The molecule has 294 valence electrons. The molecule has 8 rings (SSSR count). The zero-order chi connectivity index (χ0) is 41.4. The number of benzene rings is 6. The molecule has 0 unspecified atom stereocenters. The lowest BCUT2D eigenvalue weighted by molar-refractivity contribution is 0.590. The zero-order valence-corrected chi connectivity index (χ0v) is 36.4.